The number of amides is 2. The first-order chi connectivity index (χ1) is 15.0. The molecule has 1 fully saturated rings. The molecule has 32 heavy (non-hydrogen) atoms. The molecule has 14 heteroatoms. The molecule has 3 N–H and O–H groups in total. The summed E-state index contributed by atoms with van der Waals surface area (Å²) >= 11 is 0. The van der Waals surface area contributed by atoms with E-state index in [2.05, 4.69) is 0 Å². The van der Waals surface area contributed by atoms with Crippen molar-refractivity contribution in [1.82, 2.24) is 19.8 Å². The van der Waals surface area contributed by atoms with Crippen LogP contribution in [0.5, 0.6) is 0 Å². The van der Waals surface area contributed by atoms with Gasteiger partial charge in [-0.15, -0.1) is 5.06 Å². The molecule has 1 aliphatic heterocycles. The van der Waals surface area contributed by atoms with Gasteiger partial charge in [-0.25, -0.2) is 4.79 Å². The van der Waals surface area contributed by atoms with Crippen molar-refractivity contribution in [3.63, 3.8) is 0 Å². The zero-order valence-corrected chi connectivity index (χ0v) is 17.8. The Morgan fingerprint density at radius 1 is 0.750 bits per heavy atom. The quantitative estimate of drug-likeness (QED) is 0.210. The molecule has 0 aliphatic carbocycles. The molecule has 0 spiro atoms. The lowest BCUT2D eigenvalue weighted by molar-refractivity contribution is -0.198. The number of hydrogen-bond acceptors (Lipinski definition) is 10. The van der Waals surface area contributed by atoms with E-state index < -0.39 is 61.9 Å². The number of carboxylic acids is 3. The first-order valence-electron chi connectivity index (χ1n) is 9.90. The fraction of sp³-hybridized carbons (Fsp3) is 0.667. The zero-order valence-electron chi connectivity index (χ0n) is 17.8. The Hall–Kier alpha value is -3.10. The normalized spacial score (nSPS) is 13.9. The predicted molar refractivity (Wildman–Crippen MR) is 105 cm³/mol. The summed E-state index contributed by atoms with van der Waals surface area (Å²) in [6.07, 6.45) is -0.117. The summed E-state index contributed by atoms with van der Waals surface area (Å²) in [4.78, 5) is 77.2. The monoisotopic (exact) mass is 460 g/mol. The van der Waals surface area contributed by atoms with Gasteiger partial charge in [0.15, 0.2) is 0 Å². The molecule has 0 aromatic carbocycles. The third-order valence-corrected chi connectivity index (χ3v) is 4.54. The Morgan fingerprint density at radius 2 is 1.12 bits per heavy atom. The molecular formula is C18H28N4O10. The number of carbonyl (C=O) groups excluding carboxylic acids is 3. The second kappa shape index (κ2) is 13.3. The summed E-state index contributed by atoms with van der Waals surface area (Å²) < 4.78 is 0. The lowest BCUT2D eigenvalue weighted by Crippen LogP contribution is -2.45. The van der Waals surface area contributed by atoms with Gasteiger partial charge in [0.1, 0.15) is 6.54 Å². The van der Waals surface area contributed by atoms with Gasteiger partial charge in [0, 0.05) is 39.0 Å². The molecule has 1 aliphatic rings. The highest BCUT2D eigenvalue weighted by Gasteiger charge is 2.33. The number of carboxylic acid groups (broad SMARTS) is 3. The molecule has 14 nitrogen and oxygen atoms in total. The van der Waals surface area contributed by atoms with Gasteiger partial charge in [0.2, 0.25) is 0 Å². The lowest BCUT2D eigenvalue weighted by atomic mass is 10.3. The van der Waals surface area contributed by atoms with E-state index in [0.717, 1.165) is 0 Å². The van der Waals surface area contributed by atoms with Crippen LogP contribution in [-0.4, -0.2) is 130 Å². The van der Waals surface area contributed by atoms with Gasteiger partial charge >= 0.3 is 23.9 Å². The number of nitrogens with zero attached hydrogens (tertiary/aromatic N) is 4. The molecule has 180 valence electrons. The summed E-state index contributed by atoms with van der Waals surface area (Å²) in [5.74, 6) is -5.74. The molecule has 0 aromatic heterocycles. The summed E-state index contributed by atoms with van der Waals surface area (Å²) in [6, 6.07) is 0. The molecule has 2 amide bonds. The lowest BCUT2D eigenvalue weighted by Gasteiger charge is -2.27. The Morgan fingerprint density at radius 3 is 1.50 bits per heavy atom. The van der Waals surface area contributed by atoms with Crippen LogP contribution in [0.25, 0.3) is 0 Å². The minimum atomic E-state index is -1.19. The molecule has 0 bridgehead atoms. The smallest absolute Gasteiger partial charge is 0.347 e. The maximum absolute atomic E-state index is 12.1. The number of carbonyl (C=O) groups is 6. The van der Waals surface area contributed by atoms with E-state index in [1.54, 1.807) is 0 Å². The Labute approximate surface area is 183 Å². The fourth-order valence-corrected chi connectivity index (χ4v) is 2.97. The van der Waals surface area contributed by atoms with E-state index in [-0.39, 0.29) is 25.9 Å². The van der Waals surface area contributed by atoms with Crippen molar-refractivity contribution in [2.45, 2.75) is 19.8 Å². The van der Waals surface area contributed by atoms with Gasteiger partial charge in [-0.2, -0.15) is 0 Å². The number of rotatable bonds is 16. The summed E-state index contributed by atoms with van der Waals surface area (Å²) in [5.41, 5.74) is 0. The molecule has 0 aromatic rings. The van der Waals surface area contributed by atoms with E-state index in [1.165, 1.54) is 9.80 Å². The molecule has 0 radical (unpaired) electrons. The highest BCUT2D eigenvalue weighted by molar-refractivity contribution is 6.01. The second-order valence-corrected chi connectivity index (χ2v) is 7.08. The minimum absolute atomic E-state index is 0.0583. The zero-order chi connectivity index (χ0) is 24.3. The van der Waals surface area contributed by atoms with Gasteiger partial charge in [-0.3, -0.25) is 33.8 Å². The average Bonchev–Trinajstić information content (AvgIpc) is 2.98. The topological polar surface area (TPSA) is 185 Å². The van der Waals surface area contributed by atoms with Crippen molar-refractivity contribution >= 4 is 35.7 Å². The van der Waals surface area contributed by atoms with Crippen LogP contribution in [0.1, 0.15) is 19.8 Å². The first-order valence-corrected chi connectivity index (χ1v) is 9.90. The number of likely N-dealkylation sites (N-methyl/N-ethyl adjacent to an activating group) is 1. The largest absolute Gasteiger partial charge is 0.480 e. The highest BCUT2D eigenvalue weighted by Crippen LogP contribution is 2.12. The van der Waals surface area contributed by atoms with E-state index in [1.807, 2.05) is 11.8 Å². The number of imide groups is 1. The van der Waals surface area contributed by atoms with Gasteiger partial charge in [-0.05, 0) is 6.54 Å². The Balaban J connectivity index is 2.60. The van der Waals surface area contributed by atoms with Gasteiger partial charge in [-0.1, -0.05) is 6.92 Å². The fourth-order valence-electron chi connectivity index (χ4n) is 2.97. The van der Waals surface area contributed by atoms with Crippen molar-refractivity contribution in [3.05, 3.63) is 0 Å². The van der Waals surface area contributed by atoms with Crippen LogP contribution in [0.15, 0.2) is 0 Å². The van der Waals surface area contributed by atoms with Crippen molar-refractivity contribution in [2.24, 2.45) is 0 Å². The highest BCUT2D eigenvalue weighted by atomic mass is 16.7. The third kappa shape index (κ3) is 10.3. The molecule has 1 rings (SSSR count). The maximum atomic E-state index is 12.1. The standard InChI is InChI=1S/C18H28N4O10/c1-2-19(5-7-20(9-15(25)26)10-16(27)28)6-8-21(11-17(29)30)12-18(31)32-22-13(23)3-4-14(22)24/h2-12H2,1H3,(H,25,26)(H,27,28)(H,29,30). The maximum Gasteiger partial charge on any atom is 0.347 e. The van der Waals surface area contributed by atoms with Crippen LogP contribution in [-0.2, 0) is 33.6 Å². The van der Waals surface area contributed by atoms with Crippen LogP contribution in [0.3, 0.4) is 0 Å². The van der Waals surface area contributed by atoms with E-state index in [4.69, 9.17) is 20.2 Å². The van der Waals surface area contributed by atoms with Gasteiger partial charge in [0.05, 0.1) is 19.6 Å². The Kier molecular flexibility index (Phi) is 11.2. The number of aliphatic carboxylic acids is 3. The van der Waals surface area contributed by atoms with Crippen molar-refractivity contribution in [3.8, 4) is 0 Å². The third-order valence-electron chi connectivity index (χ3n) is 4.54. The van der Waals surface area contributed by atoms with Crippen LogP contribution in [0.2, 0.25) is 0 Å². The Bertz CT molecular complexity index is 697. The van der Waals surface area contributed by atoms with Crippen LogP contribution in [0, 0.1) is 0 Å². The predicted octanol–water partition coefficient (Wildman–Crippen LogP) is -2.23. The average molecular weight is 460 g/mol. The molecule has 1 heterocycles. The van der Waals surface area contributed by atoms with Crippen LogP contribution in [0.4, 0.5) is 0 Å². The van der Waals surface area contributed by atoms with Crippen molar-refractivity contribution in [2.75, 3.05) is 58.9 Å². The second-order valence-electron chi connectivity index (χ2n) is 7.08. The van der Waals surface area contributed by atoms with Crippen molar-refractivity contribution in [1.29, 1.82) is 0 Å². The van der Waals surface area contributed by atoms with E-state index in [0.29, 0.717) is 24.7 Å². The molecule has 0 saturated carbocycles. The van der Waals surface area contributed by atoms with E-state index >= 15 is 0 Å². The first kappa shape index (κ1) is 26.9. The van der Waals surface area contributed by atoms with E-state index in [9.17, 15) is 28.8 Å². The van der Waals surface area contributed by atoms with Crippen molar-refractivity contribution < 1.29 is 48.9 Å². The molecular weight excluding hydrogens is 432 g/mol. The van der Waals surface area contributed by atoms with Gasteiger partial charge in [0.25, 0.3) is 11.8 Å². The molecule has 1 saturated heterocycles. The molecule has 0 atom stereocenters. The summed E-state index contributed by atoms with van der Waals surface area (Å²) in [5, 5.41) is 27.3. The summed E-state index contributed by atoms with van der Waals surface area (Å²) in [7, 11) is 0. The number of hydroxylamine groups is 2. The van der Waals surface area contributed by atoms with Crippen LogP contribution >= 0.6 is 0 Å². The van der Waals surface area contributed by atoms with Gasteiger partial charge < -0.3 is 25.1 Å². The molecule has 0 unspecified atom stereocenters. The number of hydrogen-bond donors (Lipinski definition) is 3. The SMILES string of the molecule is CCN(CCN(CC(=O)O)CC(=O)O)CCN(CC(=O)O)CC(=O)ON1C(=O)CCC1=O. The van der Waals surface area contributed by atoms with Crippen LogP contribution < -0.4 is 0 Å². The minimum Gasteiger partial charge on any atom is -0.480 e. The summed E-state index contributed by atoms with van der Waals surface area (Å²) in [6.45, 7) is 1.40.